The van der Waals surface area contributed by atoms with Gasteiger partial charge in [0.2, 0.25) is 0 Å². The fraction of sp³-hybridized carbons (Fsp3) is 0.222. The normalized spacial score (nSPS) is 14.0. The third-order valence-electron chi connectivity index (χ3n) is 17.4. The average Bonchev–Trinajstić information content (AvgIpc) is 4.24. The number of para-hydroxylation sites is 3. The van der Waals surface area contributed by atoms with Crippen LogP contribution in [0, 0.1) is 0 Å². The van der Waals surface area contributed by atoms with Gasteiger partial charge in [0.25, 0.3) is 6.71 Å². The molecule has 0 unspecified atom stereocenters. The lowest BCUT2D eigenvalue weighted by Crippen LogP contribution is -2.61. The Morgan fingerprint density at radius 3 is 1.66 bits per heavy atom. The smallest absolute Gasteiger partial charge is 0.264 e. The zero-order valence-corrected chi connectivity index (χ0v) is 48.2. The van der Waals surface area contributed by atoms with Gasteiger partial charge in [0, 0.05) is 64.8 Å². The molecule has 0 spiro atoms. The van der Waals surface area contributed by atoms with Crippen LogP contribution in [-0.2, 0) is 21.7 Å². The maximum absolute atomic E-state index is 6.58. The monoisotopic (exact) mass is 1040 g/mol. The number of rotatable bonds is 4. The Kier molecular flexibility index (Phi) is 9.94. The van der Waals surface area contributed by atoms with Gasteiger partial charge in [-0.3, -0.25) is 0 Å². The minimum atomic E-state index is -0.152. The minimum Gasteiger partial charge on any atom is -0.456 e. The lowest BCUT2D eigenvalue weighted by atomic mass is 9.35. The zero-order valence-electron chi connectivity index (χ0n) is 47.4. The summed E-state index contributed by atoms with van der Waals surface area (Å²) in [6.45, 7) is 28.2. The standard InChI is InChI=1S/C72H65BN4OS/c1-69(2,3)42-27-30-56-51(33-42)53-35-44(71(7,8)9)37-59-65(53)76(56)60-38-45(72(10,11)12)36-55-67(60)77(59)58-41-49(74(46-21-15-13-16-22-46)47-23-17-14-18-24-47)40-57-64(58)73(55)68-66(54-34-43(70(4,5)6)28-32-63(54)79-68)75(57)48-29-31-62-52(39-48)50-25-19-20-26-61(50)78-62/h13-41H,1-12H3. The number of furan rings is 1. The second-order valence-corrected chi connectivity index (χ2v) is 27.8. The van der Waals surface area contributed by atoms with Crippen LogP contribution in [0.1, 0.15) is 105 Å². The first-order valence-electron chi connectivity index (χ1n) is 28.2. The second-order valence-electron chi connectivity index (χ2n) is 26.7. The largest absolute Gasteiger partial charge is 0.456 e. The lowest BCUT2D eigenvalue weighted by molar-refractivity contribution is 0.590. The van der Waals surface area contributed by atoms with Gasteiger partial charge in [-0.15, -0.1) is 11.3 Å². The highest BCUT2D eigenvalue weighted by Crippen LogP contribution is 2.57. The topological polar surface area (TPSA) is 27.8 Å². The van der Waals surface area contributed by atoms with Crippen LogP contribution in [0.5, 0.6) is 0 Å². The zero-order chi connectivity index (χ0) is 54.4. The van der Waals surface area contributed by atoms with Crippen molar-refractivity contribution in [1.82, 2.24) is 4.57 Å². The van der Waals surface area contributed by atoms with Crippen molar-refractivity contribution in [3.63, 3.8) is 0 Å². The molecule has 0 saturated carbocycles. The van der Waals surface area contributed by atoms with Gasteiger partial charge < -0.3 is 23.7 Å². The van der Waals surface area contributed by atoms with E-state index >= 15 is 0 Å². The molecule has 7 heteroatoms. The number of thiophene rings is 1. The van der Waals surface area contributed by atoms with E-state index in [-0.39, 0.29) is 28.4 Å². The molecule has 0 saturated heterocycles. The molecule has 0 aliphatic carbocycles. The van der Waals surface area contributed by atoms with Crippen LogP contribution >= 0.6 is 11.3 Å². The maximum Gasteiger partial charge on any atom is 0.264 e. The van der Waals surface area contributed by atoms with E-state index in [4.69, 9.17) is 4.42 Å². The lowest BCUT2D eigenvalue weighted by Gasteiger charge is -2.46. The molecule has 9 aromatic carbocycles. The molecule has 0 bridgehead atoms. The van der Waals surface area contributed by atoms with E-state index in [1.165, 1.54) is 104 Å². The highest BCUT2D eigenvalue weighted by atomic mass is 32.1. The van der Waals surface area contributed by atoms with Crippen LogP contribution in [0.15, 0.2) is 180 Å². The molecule has 15 rings (SSSR count). The molecule has 79 heavy (non-hydrogen) atoms. The van der Waals surface area contributed by atoms with Crippen LogP contribution in [0.3, 0.4) is 0 Å². The summed E-state index contributed by atoms with van der Waals surface area (Å²) in [5.41, 5.74) is 23.6. The summed E-state index contributed by atoms with van der Waals surface area (Å²) < 4.78 is 11.9. The Balaban J connectivity index is 1.15. The minimum absolute atomic E-state index is 0.0268. The van der Waals surface area contributed by atoms with Crippen molar-refractivity contribution in [2.24, 2.45) is 0 Å². The molecule has 5 nitrogen and oxygen atoms in total. The molecule has 0 N–H and O–H groups in total. The number of hydrogen-bond donors (Lipinski definition) is 0. The van der Waals surface area contributed by atoms with Gasteiger partial charge in [-0.05, 0) is 158 Å². The second kappa shape index (κ2) is 16.3. The highest BCUT2D eigenvalue weighted by molar-refractivity contribution is 7.33. The van der Waals surface area contributed by atoms with Crippen LogP contribution in [0.25, 0.3) is 59.5 Å². The fourth-order valence-corrected chi connectivity index (χ4v) is 14.5. The Labute approximate surface area is 468 Å². The predicted molar refractivity (Wildman–Crippen MR) is 341 cm³/mol. The van der Waals surface area contributed by atoms with E-state index in [0.29, 0.717) is 0 Å². The first-order chi connectivity index (χ1) is 37.7. The van der Waals surface area contributed by atoms with E-state index in [1.807, 2.05) is 11.3 Å². The summed E-state index contributed by atoms with van der Waals surface area (Å²) in [7, 11) is 0. The van der Waals surface area contributed by atoms with E-state index in [9.17, 15) is 0 Å². The van der Waals surface area contributed by atoms with Gasteiger partial charge in [-0.1, -0.05) is 156 Å². The molecule has 0 fully saturated rings. The molecule has 0 radical (unpaired) electrons. The Hall–Kier alpha value is -8.00. The number of benzene rings is 9. The number of nitrogens with zero attached hydrogens (tertiary/aromatic N) is 4. The molecule has 0 atom stereocenters. The van der Waals surface area contributed by atoms with E-state index in [0.717, 1.165) is 44.7 Å². The SMILES string of the molecule is CC(C)(C)c1cc2c3c(c1)-n1c4ccc(C(C)(C)C)cc4c4cc(C(C)(C)C)cc(c41)N3c1cc(N(c3ccccc3)c3ccccc3)cc3c1B2c1sc2ccc(C(C)(C)C)cc2c1N3c1ccc2oc3ccccc3c2c1. The van der Waals surface area contributed by atoms with Crippen LogP contribution in [0.4, 0.5) is 51.2 Å². The van der Waals surface area contributed by atoms with Gasteiger partial charge in [-0.2, -0.15) is 0 Å². The number of aromatic nitrogens is 1. The van der Waals surface area contributed by atoms with Crippen molar-refractivity contribution >= 4 is 139 Å². The van der Waals surface area contributed by atoms with Gasteiger partial charge in [-0.25, -0.2) is 0 Å². The summed E-state index contributed by atoms with van der Waals surface area (Å²) in [6.07, 6.45) is 0. The van der Waals surface area contributed by atoms with Crippen molar-refractivity contribution in [2.45, 2.75) is 105 Å². The van der Waals surface area contributed by atoms with Crippen molar-refractivity contribution in [1.29, 1.82) is 0 Å². The average molecular weight is 1050 g/mol. The molecule has 6 heterocycles. The van der Waals surface area contributed by atoms with Crippen molar-refractivity contribution in [2.75, 3.05) is 14.7 Å². The number of fused-ring (bicyclic) bond motifs is 14. The molecular formula is C72H65BN4OS. The summed E-state index contributed by atoms with van der Waals surface area (Å²) in [5.74, 6) is 0. The first-order valence-corrected chi connectivity index (χ1v) is 29.0. The van der Waals surface area contributed by atoms with Crippen LogP contribution < -0.4 is 30.4 Å². The van der Waals surface area contributed by atoms with Crippen LogP contribution in [0.2, 0.25) is 0 Å². The van der Waals surface area contributed by atoms with Gasteiger partial charge >= 0.3 is 0 Å². The highest BCUT2D eigenvalue weighted by Gasteiger charge is 2.49. The number of hydrogen-bond acceptors (Lipinski definition) is 5. The summed E-state index contributed by atoms with van der Waals surface area (Å²) >= 11 is 1.98. The first kappa shape index (κ1) is 48.2. The molecule has 3 aliphatic heterocycles. The predicted octanol–water partition coefficient (Wildman–Crippen LogP) is 19.0. The van der Waals surface area contributed by atoms with E-state index in [1.54, 1.807) is 0 Å². The summed E-state index contributed by atoms with van der Waals surface area (Å²) in [4.78, 5) is 7.82. The Morgan fingerprint density at radius 2 is 0.987 bits per heavy atom. The third kappa shape index (κ3) is 7.07. The summed E-state index contributed by atoms with van der Waals surface area (Å²) in [6, 6.07) is 67.1. The van der Waals surface area contributed by atoms with E-state index < -0.39 is 0 Å². The molecule has 0 amide bonds. The van der Waals surface area contributed by atoms with Crippen molar-refractivity contribution in [3.05, 3.63) is 198 Å². The van der Waals surface area contributed by atoms with Gasteiger partial charge in [0.15, 0.2) is 0 Å². The van der Waals surface area contributed by atoms with E-state index in [2.05, 4.69) is 278 Å². The van der Waals surface area contributed by atoms with Gasteiger partial charge in [0.1, 0.15) is 11.2 Å². The Morgan fingerprint density at radius 1 is 0.418 bits per heavy atom. The van der Waals surface area contributed by atoms with Crippen molar-refractivity contribution in [3.8, 4) is 5.69 Å². The van der Waals surface area contributed by atoms with Crippen LogP contribution in [-0.4, -0.2) is 11.3 Å². The Bertz CT molecular complexity index is 4510. The quantitative estimate of drug-likeness (QED) is 0.164. The molecule has 388 valence electrons. The molecule has 3 aromatic heterocycles. The van der Waals surface area contributed by atoms with Crippen molar-refractivity contribution < 1.29 is 4.42 Å². The number of anilines is 9. The maximum atomic E-state index is 6.58. The third-order valence-corrected chi connectivity index (χ3v) is 18.6. The molecule has 12 aromatic rings. The molecular weight excluding hydrogens is 980 g/mol. The fourth-order valence-electron chi connectivity index (χ4n) is 13.2. The molecule has 3 aliphatic rings. The van der Waals surface area contributed by atoms with Gasteiger partial charge in [0.05, 0.1) is 39.5 Å². The summed E-state index contributed by atoms with van der Waals surface area (Å²) in [5, 5.41) is 6.10.